The Balaban J connectivity index is 2.78. The van der Waals surface area contributed by atoms with E-state index in [1.165, 1.54) is 0 Å². The van der Waals surface area contributed by atoms with E-state index in [-0.39, 0.29) is 5.91 Å². The molecule has 1 aromatic rings. The van der Waals surface area contributed by atoms with Crippen molar-refractivity contribution in [1.29, 1.82) is 0 Å². The highest BCUT2D eigenvalue weighted by molar-refractivity contribution is 5.92. The second-order valence-electron chi connectivity index (χ2n) is 4.52. The van der Waals surface area contributed by atoms with Crippen LogP contribution in [-0.4, -0.2) is 40.4 Å². The second kappa shape index (κ2) is 6.93. The lowest BCUT2D eigenvalue weighted by Crippen LogP contribution is -2.31. The number of carbonyl (C=O) groups excluding carboxylic acids is 1. The molecule has 0 bridgehead atoms. The van der Waals surface area contributed by atoms with Gasteiger partial charge in [0.2, 0.25) is 5.95 Å². The summed E-state index contributed by atoms with van der Waals surface area (Å²) in [6.45, 7) is 10.3. The summed E-state index contributed by atoms with van der Waals surface area (Å²) in [5.74, 6) is 0.979. The summed E-state index contributed by atoms with van der Waals surface area (Å²) in [6, 6.07) is 1.65. The molecular weight excluding hydrogens is 228 g/mol. The predicted octanol–water partition coefficient (Wildman–Crippen LogP) is 2.03. The maximum atomic E-state index is 12.1. The zero-order valence-electron chi connectivity index (χ0n) is 11.6. The molecule has 0 aromatic carbocycles. The van der Waals surface area contributed by atoms with Crippen molar-refractivity contribution >= 4 is 11.9 Å². The van der Waals surface area contributed by atoms with Crippen LogP contribution < -0.4 is 5.32 Å². The Morgan fingerprint density at radius 1 is 1.39 bits per heavy atom. The highest BCUT2D eigenvalue weighted by Crippen LogP contribution is 2.05. The van der Waals surface area contributed by atoms with Crippen LogP contribution in [0.2, 0.25) is 0 Å². The maximum absolute atomic E-state index is 12.1. The third-order valence-electron chi connectivity index (χ3n) is 2.59. The van der Waals surface area contributed by atoms with E-state index in [0.29, 0.717) is 30.6 Å². The van der Waals surface area contributed by atoms with Crippen molar-refractivity contribution in [3.8, 4) is 0 Å². The van der Waals surface area contributed by atoms with Crippen LogP contribution in [0.15, 0.2) is 12.3 Å². The van der Waals surface area contributed by atoms with Crippen LogP contribution in [0.5, 0.6) is 0 Å². The van der Waals surface area contributed by atoms with E-state index >= 15 is 0 Å². The van der Waals surface area contributed by atoms with Crippen molar-refractivity contribution in [2.24, 2.45) is 5.92 Å². The maximum Gasteiger partial charge on any atom is 0.272 e. The third kappa shape index (κ3) is 3.98. The van der Waals surface area contributed by atoms with Crippen LogP contribution in [0.1, 0.15) is 38.2 Å². The Kier molecular flexibility index (Phi) is 5.55. The van der Waals surface area contributed by atoms with Gasteiger partial charge in [-0.25, -0.2) is 9.97 Å². The topological polar surface area (TPSA) is 58.1 Å². The molecule has 0 unspecified atom stereocenters. The number of rotatable bonds is 6. The van der Waals surface area contributed by atoms with Crippen molar-refractivity contribution in [2.45, 2.75) is 27.7 Å². The molecule has 1 heterocycles. The Labute approximate surface area is 109 Å². The van der Waals surface area contributed by atoms with Gasteiger partial charge in [0, 0.05) is 25.8 Å². The quantitative estimate of drug-likeness (QED) is 0.839. The van der Waals surface area contributed by atoms with Crippen LogP contribution in [-0.2, 0) is 0 Å². The van der Waals surface area contributed by atoms with Gasteiger partial charge in [0.25, 0.3) is 5.91 Å². The number of hydrogen-bond acceptors (Lipinski definition) is 4. The zero-order valence-corrected chi connectivity index (χ0v) is 11.6. The SMILES string of the molecule is CCN(CC)C(=O)c1ccnc(NCC(C)C)n1. The first-order valence-electron chi connectivity index (χ1n) is 6.44. The lowest BCUT2D eigenvalue weighted by Gasteiger charge is -2.18. The summed E-state index contributed by atoms with van der Waals surface area (Å²) in [5.41, 5.74) is 0.444. The van der Waals surface area contributed by atoms with E-state index < -0.39 is 0 Å². The highest BCUT2D eigenvalue weighted by Gasteiger charge is 2.14. The van der Waals surface area contributed by atoms with Gasteiger partial charge >= 0.3 is 0 Å². The van der Waals surface area contributed by atoms with Gasteiger partial charge in [0.15, 0.2) is 0 Å². The molecule has 5 nitrogen and oxygen atoms in total. The molecule has 1 rings (SSSR count). The van der Waals surface area contributed by atoms with Gasteiger partial charge in [-0.2, -0.15) is 0 Å². The highest BCUT2D eigenvalue weighted by atomic mass is 16.2. The van der Waals surface area contributed by atoms with Gasteiger partial charge < -0.3 is 10.2 Å². The molecule has 0 aliphatic rings. The number of anilines is 1. The summed E-state index contributed by atoms with van der Waals surface area (Å²) >= 11 is 0. The Hall–Kier alpha value is -1.65. The van der Waals surface area contributed by atoms with Crippen LogP contribution in [0, 0.1) is 5.92 Å². The molecule has 1 aromatic heterocycles. The minimum absolute atomic E-state index is 0.0463. The van der Waals surface area contributed by atoms with Gasteiger partial charge in [-0.3, -0.25) is 4.79 Å². The molecule has 1 N–H and O–H groups in total. The van der Waals surface area contributed by atoms with Gasteiger partial charge in [-0.15, -0.1) is 0 Å². The normalized spacial score (nSPS) is 10.5. The minimum atomic E-state index is -0.0463. The Morgan fingerprint density at radius 2 is 2.06 bits per heavy atom. The monoisotopic (exact) mass is 250 g/mol. The van der Waals surface area contributed by atoms with Crippen LogP contribution >= 0.6 is 0 Å². The van der Waals surface area contributed by atoms with E-state index in [0.717, 1.165) is 6.54 Å². The molecule has 0 saturated carbocycles. The summed E-state index contributed by atoms with van der Waals surface area (Å²) in [4.78, 5) is 22.2. The van der Waals surface area contributed by atoms with Gasteiger partial charge in [-0.1, -0.05) is 13.8 Å². The van der Waals surface area contributed by atoms with Crippen molar-refractivity contribution in [1.82, 2.24) is 14.9 Å². The van der Waals surface area contributed by atoms with Crippen molar-refractivity contribution in [2.75, 3.05) is 25.0 Å². The fraction of sp³-hybridized carbons (Fsp3) is 0.615. The molecule has 100 valence electrons. The summed E-state index contributed by atoms with van der Waals surface area (Å²) in [6.07, 6.45) is 1.62. The molecule has 0 aliphatic heterocycles. The number of aromatic nitrogens is 2. The first-order chi connectivity index (χ1) is 8.58. The van der Waals surface area contributed by atoms with E-state index in [1.807, 2.05) is 13.8 Å². The third-order valence-corrected chi connectivity index (χ3v) is 2.59. The standard InChI is InChI=1S/C13H22N4O/c1-5-17(6-2)12(18)11-7-8-14-13(16-11)15-9-10(3)4/h7-8,10H,5-6,9H2,1-4H3,(H,14,15,16). The number of amides is 1. The summed E-state index contributed by atoms with van der Waals surface area (Å²) in [7, 11) is 0. The first-order valence-corrected chi connectivity index (χ1v) is 6.44. The van der Waals surface area contributed by atoms with Crippen molar-refractivity contribution in [3.05, 3.63) is 18.0 Å². The number of carbonyl (C=O) groups is 1. The molecule has 0 atom stereocenters. The number of hydrogen-bond donors (Lipinski definition) is 1. The minimum Gasteiger partial charge on any atom is -0.354 e. The molecule has 5 heteroatoms. The fourth-order valence-corrected chi connectivity index (χ4v) is 1.53. The summed E-state index contributed by atoms with van der Waals surface area (Å²) in [5, 5.41) is 3.12. The Bertz CT molecular complexity index is 388. The summed E-state index contributed by atoms with van der Waals surface area (Å²) < 4.78 is 0. The zero-order chi connectivity index (χ0) is 13.5. The average Bonchev–Trinajstić information content (AvgIpc) is 2.38. The number of nitrogens with one attached hydrogen (secondary N) is 1. The first kappa shape index (κ1) is 14.4. The lowest BCUT2D eigenvalue weighted by molar-refractivity contribution is 0.0767. The van der Waals surface area contributed by atoms with E-state index in [1.54, 1.807) is 17.2 Å². The van der Waals surface area contributed by atoms with Gasteiger partial charge in [-0.05, 0) is 25.8 Å². The predicted molar refractivity (Wildman–Crippen MR) is 72.6 cm³/mol. The van der Waals surface area contributed by atoms with Gasteiger partial charge in [0.1, 0.15) is 5.69 Å². The van der Waals surface area contributed by atoms with Crippen LogP contribution in [0.25, 0.3) is 0 Å². The second-order valence-corrected chi connectivity index (χ2v) is 4.52. The molecule has 18 heavy (non-hydrogen) atoms. The Morgan fingerprint density at radius 3 is 2.61 bits per heavy atom. The smallest absolute Gasteiger partial charge is 0.272 e. The molecular formula is C13H22N4O. The molecule has 0 spiro atoms. The van der Waals surface area contributed by atoms with Crippen LogP contribution in [0.3, 0.4) is 0 Å². The molecule has 0 fully saturated rings. The molecule has 1 amide bonds. The molecule has 0 saturated heterocycles. The molecule has 0 aliphatic carbocycles. The fourth-order valence-electron chi connectivity index (χ4n) is 1.53. The molecule has 0 radical (unpaired) electrons. The largest absolute Gasteiger partial charge is 0.354 e. The van der Waals surface area contributed by atoms with E-state index in [2.05, 4.69) is 29.1 Å². The number of nitrogens with zero attached hydrogens (tertiary/aromatic N) is 3. The van der Waals surface area contributed by atoms with Gasteiger partial charge in [0.05, 0.1) is 0 Å². The van der Waals surface area contributed by atoms with Crippen LogP contribution in [0.4, 0.5) is 5.95 Å². The van der Waals surface area contributed by atoms with E-state index in [4.69, 9.17) is 0 Å². The lowest BCUT2D eigenvalue weighted by atomic mass is 10.2. The van der Waals surface area contributed by atoms with Crippen molar-refractivity contribution in [3.63, 3.8) is 0 Å². The van der Waals surface area contributed by atoms with Crippen molar-refractivity contribution < 1.29 is 4.79 Å². The van der Waals surface area contributed by atoms with E-state index in [9.17, 15) is 4.79 Å². The average molecular weight is 250 g/mol.